The van der Waals surface area contributed by atoms with Crippen molar-refractivity contribution in [3.63, 3.8) is 0 Å². The monoisotopic (exact) mass is 437 g/mol. The third-order valence-corrected chi connectivity index (χ3v) is 6.16. The Kier molecular flexibility index (Phi) is 6.85. The van der Waals surface area contributed by atoms with Crippen molar-refractivity contribution in [1.29, 1.82) is 0 Å². The van der Waals surface area contributed by atoms with Gasteiger partial charge < -0.3 is 10.5 Å². The molecule has 29 heavy (non-hydrogen) atoms. The van der Waals surface area contributed by atoms with Gasteiger partial charge in [-0.05, 0) is 25.0 Å². The summed E-state index contributed by atoms with van der Waals surface area (Å²) in [4.78, 5) is 32.8. The van der Waals surface area contributed by atoms with E-state index in [4.69, 9.17) is 10.5 Å². The molecule has 1 heterocycles. The minimum Gasteiger partial charge on any atom is -0.455 e. The number of rotatable bonds is 5. The second-order valence-electron chi connectivity index (χ2n) is 6.19. The first-order valence-corrected chi connectivity index (χ1v) is 9.79. The van der Waals surface area contributed by atoms with E-state index in [2.05, 4.69) is 0 Å². The Morgan fingerprint density at radius 2 is 1.76 bits per heavy atom. The number of primary amides is 1. The topological polar surface area (TPSA) is 136 Å². The van der Waals surface area contributed by atoms with E-state index in [-0.39, 0.29) is 25.9 Å². The number of halogens is 3. The largest absolute Gasteiger partial charge is 0.455 e. The van der Waals surface area contributed by atoms with Gasteiger partial charge in [0.25, 0.3) is 5.91 Å². The van der Waals surface area contributed by atoms with Crippen molar-refractivity contribution in [2.75, 3.05) is 19.7 Å². The SMILES string of the molecule is NC(=O)NC(=O)COC(=O)C1CCN(S(=O)(=O)c2ccccc2C(F)(F)F)CC1. The highest BCUT2D eigenvalue weighted by molar-refractivity contribution is 7.89. The minimum atomic E-state index is -4.84. The van der Waals surface area contributed by atoms with Gasteiger partial charge in [0, 0.05) is 13.1 Å². The molecule has 1 aromatic rings. The van der Waals surface area contributed by atoms with Crippen LogP contribution in [0.25, 0.3) is 0 Å². The molecule has 13 heteroatoms. The van der Waals surface area contributed by atoms with Crippen molar-refractivity contribution in [2.24, 2.45) is 11.7 Å². The molecule has 0 atom stereocenters. The number of hydrogen-bond acceptors (Lipinski definition) is 6. The third-order valence-electron chi connectivity index (χ3n) is 4.21. The summed E-state index contributed by atoms with van der Waals surface area (Å²) in [5.41, 5.74) is 3.48. The molecule has 9 nitrogen and oxygen atoms in total. The maximum atomic E-state index is 13.1. The zero-order valence-corrected chi connectivity index (χ0v) is 15.8. The van der Waals surface area contributed by atoms with Crippen LogP contribution in [0.5, 0.6) is 0 Å². The molecule has 160 valence electrons. The van der Waals surface area contributed by atoms with Crippen LogP contribution in [-0.4, -0.2) is 50.3 Å². The van der Waals surface area contributed by atoms with Crippen molar-refractivity contribution in [3.8, 4) is 0 Å². The Morgan fingerprint density at radius 1 is 1.17 bits per heavy atom. The van der Waals surface area contributed by atoms with Crippen LogP contribution in [0.1, 0.15) is 18.4 Å². The highest BCUT2D eigenvalue weighted by Crippen LogP contribution is 2.36. The van der Waals surface area contributed by atoms with E-state index in [0.29, 0.717) is 6.07 Å². The molecule has 0 spiro atoms. The average Bonchev–Trinajstić information content (AvgIpc) is 2.65. The number of carbonyl (C=O) groups is 3. The number of imide groups is 1. The number of urea groups is 1. The molecule has 0 aromatic heterocycles. The molecule has 3 N–H and O–H groups in total. The van der Waals surface area contributed by atoms with Crippen LogP contribution in [0.4, 0.5) is 18.0 Å². The highest BCUT2D eigenvalue weighted by Gasteiger charge is 2.40. The summed E-state index contributed by atoms with van der Waals surface area (Å²) in [6.45, 7) is -1.12. The van der Waals surface area contributed by atoms with E-state index in [1.54, 1.807) is 5.32 Å². The lowest BCUT2D eigenvalue weighted by Gasteiger charge is -2.30. The molecule has 1 aromatic carbocycles. The van der Waals surface area contributed by atoms with Crippen LogP contribution in [0.15, 0.2) is 29.2 Å². The number of esters is 1. The molecule has 2 rings (SSSR count). The van der Waals surface area contributed by atoms with Gasteiger partial charge >= 0.3 is 18.2 Å². The molecule has 1 aliphatic heterocycles. The first-order valence-electron chi connectivity index (χ1n) is 8.35. The molecule has 0 aliphatic carbocycles. The van der Waals surface area contributed by atoms with Crippen LogP contribution in [-0.2, 0) is 30.5 Å². The van der Waals surface area contributed by atoms with E-state index < -0.39 is 57.1 Å². The normalized spacial score (nSPS) is 16.2. The number of sulfonamides is 1. The summed E-state index contributed by atoms with van der Waals surface area (Å²) in [5.74, 6) is -2.44. The van der Waals surface area contributed by atoms with Crippen LogP contribution in [0.2, 0.25) is 0 Å². The Labute approximate surface area is 164 Å². The predicted octanol–water partition coefficient (Wildman–Crippen LogP) is 0.844. The standard InChI is InChI=1S/C16H18F3N3O6S/c17-16(18,19)11-3-1-2-4-12(11)29(26,27)22-7-5-10(6-8-22)14(24)28-9-13(23)21-15(20)25/h1-4,10H,5-9H2,(H3,20,21,23,25). The Balaban J connectivity index is 2.01. The number of piperidine rings is 1. The number of amides is 3. The fourth-order valence-corrected chi connectivity index (χ4v) is 4.51. The van der Waals surface area contributed by atoms with E-state index in [0.717, 1.165) is 16.4 Å². The van der Waals surface area contributed by atoms with E-state index in [1.165, 1.54) is 6.07 Å². The van der Waals surface area contributed by atoms with Gasteiger partial charge in [-0.2, -0.15) is 17.5 Å². The number of hydrogen-bond donors (Lipinski definition) is 2. The van der Waals surface area contributed by atoms with Crippen LogP contribution < -0.4 is 11.1 Å². The lowest BCUT2D eigenvalue weighted by Crippen LogP contribution is -2.42. The van der Waals surface area contributed by atoms with Gasteiger partial charge in [0.1, 0.15) is 0 Å². The number of carbonyl (C=O) groups excluding carboxylic acids is 3. The zero-order valence-electron chi connectivity index (χ0n) is 14.9. The van der Waals surface area contributed by atoms with Crippen molar-refractivity contribution in [3.05, 3.63) is 29.8 Å². The number of alkyl halides is 3. The molecule has 0 saturated carbocycles. The van der Waals surface area contributed by atoms with Crippen LogP contribution in [0.3, 0.4) is 0 Å². The summed E-state index contributed by atoms with van der Waals surface area (Å²) in [5, 5.41) is 1.71. The van der Waals surface area contributed by atoms with Gasteiger partial charge in [0.2, 0.25) is 10.0 Å². The maximum absolute atomic E-state index is 13.1. The lowest BCUT2D eigenvalue weighted by molar-refractivity contribution is -0.153. The first-order chi connectivity index (χ1) is 13.4. The summed E-state index contributed by atoms with van der Waals surface area (Å²) < 4.78 is 70.3. The second-order valence-corrected chi connectivity index (χ2v) is 8.10. The lowest BCUT2D eigenvalue weighted by atomic mass is 9.98. The summed E-state index contributed by atoms with van der Waals surface area (Å²) in [6.07, 6.45) is -4.83. The van der Waals surface area contributed by atoms with Gasteiger partial charge in [0.15, 0.2) is 6.61 Å². The minimum absolute atomic E-state index is 0.00366. The van der Waals surface area contributed by atoms with Gasteiger partial charge in [-0.1, -0.05) is 12.1 Å². The van der Waals surface area contributed by atoms with Gasteiger partial charge in [-0.15, -0.1) is 0 Å². The Morgan fingerprint density at radius 3 is 2.31 bits per heavy atom. The predicted molar refractivity (Wildman–Crippen MR) is 91.6 cm³/mol. The van der Waals surface area contributed by atoms with E-state index >= 15 is 0 Å². The van der Waals surface area contributed by atoms with Crippen molar-refractivity contribution < 1.29 is 40.7 Å². The molecule has 3 amide bonds. The number of nitrogens with two attached hydrogens (primary N) is 1. The molecule has 1 saturated heterocycles. The van der Waals surface area contributed by atoms with Crippen LogP contribution in [0, 0.1) is 5.92 Å². The number of nitrogens with zero attached hydrogens (tertiary/aromatic N) is 1. The highest BCUT2D eigenvalue weighted by atomic mass is 32.2. The Hall–Kier alpha value is -2.67. The van der Waals surface area contributed by atoms with Crippen molar-refractivity contribution in [1.82, 2.24) is 9.62 Å². The van der Waals surface area contributed by atoms with E-state index in [1.807, 2.05) is 0 Å². The molecule has 0 bridgehead atoms. The summed E-state index contributed by atoms with van der Waals surface area (Å²) >= 11 is 0. The third kappa shape index (κ3) is 5.67. The molecule has 0 unspecified atom stereocenters. The first kappa shape index (κ1) is 22.6. The summed E-state index contributed by atoms with van der Waals surface area (Å²) in [7, 11) is -4.42. The number of nitrogens with one attached hydrogen (secondary N) is 1. The molecular formula is C16H18F3N3O6S. The molecule has 1 fully saturated rings. The van der Waals surface area contributed by atoms with Crippen molar-refractivity contribution >= 4 is 27.9 Å². The Bertz CT molecular complexity index is 895. The number of benzene rings is 1. The fraction of sp³-hybridized carbons (Fsp3) is 0.438. The summed E-state index contributed by atoms with van der Waals surface area (Å²) in [6, 6.07) is 2.76. The molecule has 0 radical (unpaired) electrons. The average molecular weight is 437 g/mol. The smallest absolute Gasteiger partial charge is 0.417 e. The van der Waals surface area contributed by atoms with E-state index in [9.17, 15) is 36.0 Å². The van der Waals surface area contributed by atoms with Crippen molar-refractivity contribution in [2.45, 2.75) is 23.9 Å². The molecule has 1 aliphatic rings. The quantitative estimate of drug-likeness (QED) is 0.656. The second kappa shape index (κ2) is 8.78. The maximum Gasteiger partial charge on any atom is 0.417 e. The van der Waals surface area contributed by atoms with Gasteiger partial charge in [-0.3, -0.25) is 14.9 Å². The zero-order chi connectivity index (χ0) is 21.8. The van der Waals surface area contributed by atoms with Gasteiger partial charge in [-0.25, -0.2) is 13.2 Å². The molecular weight excluding hydrogens is 419 g/mol. The fourth-order valence-electron chi connectivity index (χ4n) is 2.82. The van der Waals surface area contributed by atoms with Crippen LogP contribution >= 0.6 is 0 Å². The van der Waals surface area contributed by atoms with Gasteiger partial charge in [0.05, 0.1) is 16.4 Å². The number of ether oxygens (including phenoxy) is 1.